The molecule has 1 aliphatic heterocycles. The highest BCUT2D eigenvalue weighted by atomic mass is 16.1. The van der Waals surface area contributed by atoms with Crippen LogP contribution in [0.25, 0.3) is 17.0 Å². The van der Waals surface area contributed by atoms with Crippen molar-refractivity contribution in [1.29, 1.82) is 0 Å². The zero-order valence-electron chi connectivity index (χ0n) is 18.6. The number of nitrogens with one attached hydrogen (secondary N) is 1. The number of pyridine rings is 1. The van der Waals surface area contributed by atoms with Crippen LogP contribution >= 0.6 is 0 Å². The molecular weight excluding hydrogens is 384 g/mol. The first-order chi connectivity index (χ1) is 15.0. The second-order valence-electron chi connectivity index (χ2n) is 8.14. The molecule has 5 nitrogen and oxygen atoms in total. The summed E-state index contributed by atoms with van der Waals surface area (Å²) >= 11 is 0. The van der Waals surface area contributed by atoms with Crippen molar-refractivity contribution in [2.45, 2.75) is 20.8 Å². The maximum atomic E-state index is 12.6. The highest BCUT2D eigenvalue weighted by Gasteiger charge is 2.18. The number of aryl methyl sites for hydroxylation is 1. The number of benzene rings is 2. The number of rotatable bonds is 5. The van der Waals surface area contributed by atoms with E-state index in [9.17, 15) is 4.79 Å². The molecule has 0 radical (unpaired) electrons. The Bertz CT molecular complexity index is 1100. The van der Waals surface area contributed by atoms with Crippen molar-refractivity contribution >= 4 is 34.4 Å². The van der Waals surface area contributed by atoms with E-state index < -0.39 is 0 Å². The standard InChI is InChI=1S/C26H30N4O/c1-4-29-12-14-30(15-13-29)25-17-19(2)23-18-22(10-11-24(23)28-25)27-26(31)20(3)16-21-8-6-5-7-9-21/h5-11,16-18H,4,12-15H2,1-3H3,(H,27,31)/b20-16+. The van der Waals surface area contributed by atoms with Crippen molar-refractivity contribution < 1.29 is 4.79 Å². The average molecular weight is 415 g/mol. The quantitative estimate of drug-likeness (QED) is 0.614. The second-order valence-corrected chi connectivity index (χ2v) is 8.14. The van der Waals surface area contributed by atoms with E-state index in [-0.39, 0.29) is 5.91 Å². The minimum Gasteiger partial charge on any atom is -0.354 e. The third-order valence-electron chi connectivity index (χ3n) is 5.94. The average Bonchev–Trinajstić information content (AvgIpc) is 2.80. The molecule has 0 saturated carbocycles. The number of carbonyl (C=O) groups excluding carboxylic acids is 1. The first-order valence-corrected chi connectivity index (χ1v) is 11.0. The monoisotopic (exact) mass is 414 g/mol. The number of nitrogens with zero attached hydrogens (tertiary/aromatic N) is 3. The van der Waals surface area contributed by atoms with Crippen LogP contribution in [0.5, 0.6) is 0 Å². The van der Waals surface area contributed by atoms with Gasteiger partial charge in [-0.3, -0.25) is 4.79 Å². The Labute approximate surface area is 184 Å². The molecule has 3 aromatic rings. The molecule has 1 aromatic heterocycles. The number of hydrogen-bond donors (Lipinski definition) is 1. The summed E-state index contributed by atoms with van der Waals surface area (Å²) in [5, 5.41) is 4.09. The summed E-state index contributed by atoms with van der Waals surface area (Å²) < 4.78 is 0. The van der Waals surface area contributed by atoms with Crippen LogP contribution in [0.3, 0.4) is 0 Å². The van der Waals surface area contributed by atoms with Crippen LogP contribution in [-0.2, 0) is 4.79 Å². The molecule has 1 fully saturated rings. The van der Waals surface area contributed by atoms with Crippen LogP contribution in [0, 0.1) is 6.92 Å². The minimum absolute atomic E-state index is 0.0979. The minimum atomic E-state index is -0.0979. The predicted molar refractivity (Wildman–Crippen MR) is 130 cm³/mol. The summed E-state index contributed by atoms with van der Waals surface area (Å²) in [5.41, 5.74) is 4.60. The van der Waals surface area contributed by atoms with E-state index in [2.05, 4.69) is 35.0 Å². The van der Waals surface area contributed by atoms with Crippen molar-refractivity contribution in [3.63, 3.8) is 0 Å². The first-order valence-electron chi connectivity index (χ1n) is 11.0. The Morgan fingerprint density at radius 2 is 1.81 bits per heavy atom. The maximum absolute atomic E-state index is 12.6. The third-order valence-corrected chi connectivity index (χ3v) is 5.94. The number of piperazine rings is 1. The Kier molecular flexibility index (Phi) is 6.33. The van der Waals surface area contributed by atoms with E-state index in [4.69, 9.17) is 4.98 Å². The number of anilines is 2. The van der Waals surface area contributed by atoms with Crippen LogP contribution in [0.15, 0.2) is 60.2 Å². The molecule has 0 bridgehead atoms. The summed E-state index contributed by atoms with van der Waals surface area (Å²) in [6, 6.07) is 18.0. The molecule has 160 valence electrons. The van der Waals surface area contributed by atoms with Gasteiger partial charge in [0.15, 0.2) is 0 Å². The fourth-order valence-corrected chi connectivity index (χ4v) is 4.00. The van der Waals surface area contributed by atoms with Gasteiger partial charge in [-0.05, 0) is 61.9 Å². The van der Waals surface area contributed by atoms with E-state index in [1.54, 1.807) is 0 Å². The second kappa shape index (κ2) is 9.31. The highest BCUT2D eigenvalue weighted by Crippen LogP contribution is 2.26. The molecule has 1 aliphatic rings. The number of hydrogen-bond acceptors (Lipinski definition) is 4. The van der Waals surface area contributed by atoms with Crippen LogP contribution < -0.4 is 10.2 Å². The van der Waals surface area contributed by atoms with E-state index in [1.165, 1.54) is 5.56 Å². The van der Waals surface area contributed by atoms with E-state index in [0.29, 0.717) is 5.57 Å². The Hall–Kier alpha value is -3.18. The lowest BCUT2D eigenvalue weighted by molar-refractivity contribution is -0.112. The molecule has 0 aliphatic carbocycles. The molecule has 5 heteroatoms. The molecule has 0 atom stereocenters. The summed E-state index contributed by atoms with van der Waals surface area (Å²) in [6.07, 6.45) is 1.90. The number of fused-ring (bicyclic) bond motifs is 1. The molecule has 1 saturated heterocycles. The van der Waals surface area contributed by atoms with Gasteiger partial charge in [-0.1, -0.05) is 37.3 Å². The fraction of sp³-hybridized carbons (Fsp3) is 0.308. The Morgan fingerprint density at radius 3 is 2.52 bits per heavy atom. The lowest BCUT2D eigenvalue weighted by Gasteiger charge is -2.35. The lowest BCUT2D eigenvalue weighted by atomic mass is 10.1. The summed E-state index contributed by atoms with van der Waals surface area (Å²) in [4.78, 5) is 22.4. The van der Waals surface area contributed by atoms with Gasteiger partial charge >= 0.3 is 0 Å². The van der Waals surface area contributed by atoms with Gasteiger partial charge in [-0.2, -0.15) is 0 Å². The molecule has 0 unspecified atom stereocenters. The van der Waals surface area contributed by atoms with Crippen LogP contribution in [0.4, 0.5) is 11.5 Å². The SMILES string of the molecule is CCN1CCN(c2cc(C)c3cc(NC(=O)/C(C)=C/c4ccccc4)ccc3n2)CC1. The number of likely N-dealkylation sites (N-methyl/N-ethyl adjacent to an activating group) is 1. The first kappa shape index (κ1) is 21.1. The molecule has 31 heavy (non-hydrogen) atoms. The largest absolute Gasteiger partial charge is 0.354 e. The van der Waals surface area contributed by atoms with Gasteiger partial charge in [0, 0.05) is 42.8 Å². The van der Waals surface area contributed by atoms with Gasteiger partial charge in [0.1, 0.15) is 5.82 Å². The van der Waals surface area contributed by atoms with E-state index >= 15 is 0 Å². The fourth-order valence-electron chi connectivity index (χ4n) is 4.00. The summed E-state index contributed by atoms with van der Waals surface area (Å²) in [6.45, 7) is 11.4. The maximum Gasteiger partial charge on any atom is 0.251 e. The number of aromatic nitrogens is 1. The zero-order valence-corrected chi connectivity index (χ0v) is 18.6. The van der Waals surface area contributed by atoms with Gasteiger partial charge in [-0.25, -0.2) is 4.98 Å². The van der Waals surface area contributed by atoms with Crippen molar-refractivity contribution in [1.82, 2.24) is 9.88 Å². The lowest BCUT2D eigenvalue weighted by Crippen LogP contribution is -2.46. The zero-order chi connectivity index (χ0) is 21.8. The van der Waals surface area contributed by atoms with Crippen molar-refractivity contribution in [2.75, 3.05) is 42.9 Å². The third kappa shape index (κ3) is 4.94. The van der Waals surface area contributed by atoms with Gasteiger partial charge < -0.3 is 15.1 Å². The molecule has 0 spiro atoms. The summed E-state index contributed by atoms with van der Waals surface area (Å²) in [7, 11) is 0. The van der Waals surface area contributed by atoms with Crippen molar-refractivity contribution in [2.24, 2.45) is 0 Å². The highest BCUT2D eigenvalue weighted by molar-refractivity contribution is 6.07. The van der Waals surface area contributed by atoms with Crippen molar-refractivity contribution in [3.05, 3.63) is 71.3 Å². The van der Waals surface area contributed by atoms with Gasteiger partial charge in [0.25, 0.3) is 5.91 Å². The molecule has 1 amide bonds. The molecular formula is C26H30N4O. The van der Waals surface area contributed by atoms with Crippen LogP contribution in [0.1, 0.15) is 25.0 Å². The molecule has 4 rings (SSSR count). The summed E-state index contributed by atoms with van der Waals surface area (Å²) in [5.74, 6) is 0.943. The Balaban J connectivity index is 1.51. The van der Waals surface area contributed by atoms with Gasteiger partial charge in [0.05, 0.1) is 5.52 Å². The topological polar surface area (TPSA) is 48.5 Å². The Morgan fingerprint density at radius 1 is 1.06 bits per heavy atom. The number of carbonyl (C=O) groups is 1. The van der Waals surface area contributed by atoms with E-state index in [0.717, 1.165) is 60.7 Å². The molecule has 2 heterocycles. The number of amides is 1. The van der Waals surface area contributed by atoms with E-state index in [1.807, 2.05) is 61.5 Å². The molecule has 2 aromatic carbocycles. The normalized spacial score (nSPS) is 15.3. The molecule has 1 N–H and O–H groups in total. The predicted octanol–water partition coefficient (Wildman–Crippen LogP) is 4.73. The van der Waals surface area contributed by atoms with Gasteiger partial charge in [0.2, 0.25) is 0 Å². The van der Waals surface area contributed by atoms with Crippen molar-refractivity contribution in [3.8, 4) is 0 Å². The van der Waals surface area contributed by atoms with Crippen LogP contribution in [0.2, 0.25) is 0 Å². The van der Waals surface area contributed by atoms with Gasteiger partial charge in [-0.15, -0.1) is 0 Å². The van der Waals surface area contributed by atoms with Crippen LogP contribution in [-0.4, -0.2) is 48.5 Å². The smallest absolute Gasteiger partial charge is 0.251 e.